The van der Waals surface area contributed by atoms with Crippen LogP contribution in [-0.4, -0.2) is 40.8 Å². The van der Waals surface area contributed by atoms with Gasteiger partial charge in [0, 0.05) is 6.54 Å². The topological polar surface area (TPSA) is 75.7 Å². The normalized spacial score (nSPS) is 11.0. The van der Waals surface area contributed by atoms with Crippen LogP contribution < -0.4 is 14.4 Å². The average Bonchev–Trinajstić information content (AvgIpc) is 2.59. The molecule has 0 atom stereocenters. The summed E-state index contributed by atoms with van der Waals surface area (Å²) in [6.45, 7) is 0.385. The lowest BCUT2D eigenvalue weighted by atomic mass is 10.1. The minimum Gasteiger partial charge on any atom is -0.497 e. The number of nitrogens with one attached hydrogen (secondary N) is 1. The van der Waals surface area contributed by atoms with Crippen molar-refractivity contribution in [3.05, 3.63) is 60.2 Å². The molecule has 0 radical (unpaired) electrons. The number of anilines is 1. The minimum absolute atomic E-state index is 0.144. The first-order chi connectivity index (χ1) is 11.9. The molecular formula is C18H22N2O4S. The molecule has 6 nitrogen and oxygen atoms in total. The molecule has 0 aromatic heterocycles. The van der Waals surface area contributed by atoms with Crippen molar-refractivity contribution in [1.82, 2.24) is 5.32 Å². The van der Waals surface area contributed by atoms with Crippen LogP contribution in [-0.2, 0) is 21.2 Å². The van der Waals surface area contributed by atoms with Crippen molar-refractivity contribution in [2.24, 2.45) is 0 Å². The molecule has 2 rings (SSSR count). The molecule has 2 aromatic carbocycles. The molecule has 0 fully saturated rings. The van der Waals surface area contributed by atoms with Gasteiger partial charge in [0.25, 0.3) is 0 Å². The summed E-state index contributed by atoms with van der Waals surface area (Å²) in [7, 11) is -1.91. The van der Waals surface area contributed by atoms with Gasteiger partial charge in [0.2, 0.25) is 15.9 Å². The van der Waals surface area contributed by atoms with Crippen molar-refractivity contribution in [3.63, 3.8) is 0 Å². The SMILES string of the molecule is COc1ccc(N(CCNC(=O)Cc2ccccc2)S(C)(=O)=O)cc1. The zero-order valence-corrected chi connectivity index (χ0v) is 15.1. The molecule has 0 unspecified atom stereocenters. The summed E-state index contributed by atoms with van der Waals surface area (Å²) in [5.74, 6) is 0.503. The Balaban J connectivity index is 1.95. The van der Waals surface area contributed by atoms with Crippen LogP contribution in [0.5, 0.6) is 5.75 Å². The number of sulfonamides is 1. The Bertz CT molecular complexity index is 790. The van der Waals surface area contributed by atoms with E-state index in [1.54, 1.807) is 31.4 Å². The number of rotatable bonds is 8. The third-order valence-electron chi connectivity index (χ3n) is 3.61. The number of hydrogen-bond donors (Lipinski definition) is 1. The monoisotopic (exact) mass is 362 g/mol. The molecule has 0 aliphatic carbocycles. The molecule has 0 aliphatic rings. The van der Waals surface area contributed by atoms with E-state index in [2.05, 4.69) is 5.32 Å². The Labute approximate surface area is 148 Å². The van der Waals surface area contributed by atoms with Gasteiger partial charge >= 0.3 is 0 Å². The summed E-state index contributed by atoms with van der Waals surface area (Å²) in [6.07, 6.45) is 1.41. The first kappa shape index (κ1) is 18.8. The summed E-state index contributed by atoms with van der Waals surface area (Å²) < 4.78 is 30.4. The van der Waals surface area contributed by atoms with Crippen LogP contribution in [0.1, 0.15) is 5.56 Å². The van der Waals surface area contributed by atoms with E-state index in [9.17, 15) is 13.2 Å². The third-order valence-corrected chi connectivity index (χ3v) is 4.80. The fourth-order valence-corrected chi connectivity index (χ4v) is 3.30. The van der Waals surface area contributed by atoms with E-state index >= 15 is 0 Å². The number of hydrogen-bond acceptors (Lipinski definition) is 4. The number of ether oxygens (including phenoxy) is 1. The van der Waals surface area contributed by atoms with Crippen molar-refractivity contribution < 1.29 is 17.9 Å². The van der Waals surface area contributed by atoms with Crippen LogP contribution in [0, 0.1) is 0 Å². The Kier molecular flexibility index (Phi) is 6.41. The van der Waals surface area contributed by atoms with Gasteiger partial charge < -0.3 is 10.1 Å². The Morgan fingerprint density at radius 1 is 1.08 bits per heavy atom. The quantitative estimate of drug-likeness (QED) is 0.777. The van der Waals surface area contributed by atoms with Crippen molar-refractivity contribution in [1.29, 1.82) is 0 Å². The highest BCUT2D eigenvalue weighted by atomic mass is 32.2. The fraction of sp³-hybridized carbons (Fsp3) is 0.278. The van der Waals surface area contributed by atoms with E-state index in [1.807, 2.05) is 30.3 Å². The number of carbonyl (C=O) groups is 1. The van der Waals surface area contributed by atoms with Gasteiger partial charge in [-0.15, -0.1) is 0 Å². The first-order valence-electron chi connectivity index (χ1n) is 7.82. The van der Waals surface area contributed by atoms with E-state index in [1.165, 1.54) is 4.31 Å². The average molecular weight is 362 g/mol. The predicted molar refractivity (Wildman–Crippen MR) is 98.3 cm³/mol. The van der Waals surface area contributed by atoms with Crippen molar-refractivity contribution in [3.8, 4) is 5.75 Å². The van der Waals surface area contributed by atoms with E-state index in [-0.39, 0.29) is 25.4 Å². The van der Waals surface area contributed by atoms with Gasteiger partial charge in [0.1, 0.15) is 5.75 Å². The van der Waals surface area contributed by atoms with Gasteiger partial charge in [-0.3, -0.25) is 9.10 Å². The lowest BCUT2D eigenvalue weighted by molar-refractivity contribution is -0.120. The van der Waals surface area contributed by atoms with E-state index in [0.29, 0.717) is 11.4 Å². The maximum Gasteiger partial charge on any atom is 0.232 e. The lowest BCUT2D eigenvalue weighted by Crippen LogP contribution is -2.38. The second kappa shape index (κ2) is 8.53. The second-order valence-corrected chi connectivity index (χ2v) is 7.45. The molecule has 0 heterocycles. The Morgan fingerprint density at radius 2 is 1.72 bits per heavy atom. The molecular weight excluding hydrogens is 340 g/mol. The Morgan fingerprint density at radius 3 is 2.28 bits per heavy atom. The summed E-state index contributed by atoms with van der Waals surface area (Å²) in [6, 6.07) is 16.1. The van der Waals surface area contributed by atoms with Crippen LogP contribution >= 0.6 is 0 Å². The van der Waals surface area contributed by atoms with Gasteiger partial charge in [-0.25, -0.2) is 8.42 Å². The second-order valence-electron chi connectivity index (χ2n) is 5.55. The van der Waals surface area contributed by atoms with Gasteiger partial charge in [-0.2, -0.15) is 0 Å². The summed E-state index contributed by atoms with van der Waals surface area (Å²) in [4.78, 5) is 12.0. The van der Waals surface area contributed by atoms with Crippen molar-refractivity contribution in [2.45, 2.75) is 6.42 Å². The van der Waals surface area contributed by atoms with Crippen molar-refractivity contribution in [2.75, 3.05) is 30.8 Å². The highest BCUT2D eigenvalue weighted by Gasteiger charge is 2.17. The minimum atomic E-state index is -3.45. The predicted octanol–water partition coefficient (Wildman–Crippen LogP) is 1.82. The summed E-state index contributed by atoms with van der Waals surface area (Å²) in [5, 5.41) is 2.76. The number of carbonyl (C=O) groups excluding carboxylic acids is 1. The maximum atomic E-state index is 12.0. The number of benzene rings is 2. The van der Waals surface area contributed by atoms with Crippen LogP contribution in [0.2, 0.25) is 0 Å². The third kappa shape index (κ3) is 5.79. The molecule has 0 bridgehead atoms. The highest BCUT2D eigenvalue weighted by molar-refractivity contribution is 7.92. The van der Waals surface area contributed by atoms with Crippen LogP contribution in [0.25, 0.3) is 0 Å². The van der Waals surface area contributed by atoms with Crippen LogP contribution in [0.3, 0.4) is 0 Å². The Hall–Kier alpha value is -2.54. The molecule has 1 N–H and O–H groups in total. The maximum absolute atomic E-state index is 12.0. The summed E-state index contributed by atoms with van der Waals surface area (Å²) in [5.41, 5.74) is 1.44. The number of amides is 1. The zero-order valence-electron chi connectivity index (χ0n) is 14.3. The summed E-state index contributed by atoms with van der Waals surface area (Å²) >= 11 is 0. The van der Waals surface area contributed by atoms with Gasteiger partial charge in [-0.1, -0.05) is 30.3 Å². The molecule has 2 aromatic rings. The highest BCUT2D eigenvalue weighted by Crippen LogP contribution is 2.21. The van der Waals surface area contributed by atoms with Crippen LogP contribution in [0.4, 0.5) is 5.69 Å². The molecule has 0 spiro atoms. The van der Waals surface area contributed by atoms with Gasteiger partial charge in [-0.05, 0) is 29.8 Å². The van der Waals surface area contributed by atoms with E-state index in [0.717, 1.165) is 11.8 Å². The molecule has 7 heteroatoms. The molecule has 0 saturated carbocycles. The molecule has 134 valence electrons. The van der Waals surface area contributed by atoms with Crippen LogP contribution in [0.15, 0.2) is 54.6 Å². The van der Waals surface area contributed by atoms with E-state index < -0.39 is 10.0 Å². The standard InChI is InChI=1S/C18H22N2O4S/c1-24-17-10-8-16(9-11-17)20(25(2,22)23)13-12-19-18(21)14-15-6-4-3-5-7-15/h3-11H,12-14H2,1-2H3,(H,19,21). The van der Waals surface area contributed by atoms with E-state index in [4.69, 9.17) is 4.74 Å². The smallest absolute Gasteiger partial charge is 0.232 e. The fourth-order valence-electron chi connectivity index (χ4n) is 2.38. The number of nitrogens with zero attached hydrogens (tertiary/aromatic N) is 1. The van der Waals surface area contributed by atoms with Gasteiger partial charge in [0.15, 0.2) is 0 Å². The lowest BCUT2D eigenvalue weighted by Gasteiger charge is -2.22. The molecule has 25 heavy (non-hydrogen) atoms. The molecule has 0 saturated heterocycles. The molecule has 1 amide bonds. The zero-order chi connectivity index (χ0) is 18.3. The van der Waals surface area contributed by atoms with Gasteiger partial charge in [0.05, 0.1) is 32.0 Å². The molecule has 0 aliphatic heterocycles. The first-order valence-corrected chi connectivity index (χ1v) is 9.67. The number of methoxy groups -OCH3 is 1. The van der Waals surface area contributed by atoms with Crippen molar-refractivity contribution >= 4 is 21.6 Å². The largest absolute Gasteiger partial charge is 0.497 e.